The minimum atomic E-state index is 0.290. The molecule has 0 spiro atoms. The second-order valence-corrected chi connectivity index (χ2v) is 5.47. The average Bonchev–Trinajstić information content (AvgIpc) is 2.31. The van der Waals surface area contributed by atoms with Crippen molar-refractivity contribution < 1.29 is 0 Å². The first kappa shape index (κ1) is 11.8. The zero-order valence-corrected chi connectivity index (χ0v) is 11.8. The number of rotatable bonds is 3. The van der Waals surface area contributed by atoms with E-state index in [1.54, 1.807) is 0 Å². The highest BCUT2D eigenvalue weighted by Crippen LogP contribution is 2.31. The number of hydrogen-bond donors (Lipinski definition) is 0. The van der Waals surface area contributed by atoms with E-state index in [0.29, 0.717) is 0 Å². The van der Waals surface area contributed by atoms with Gasteiger partial charge in [0.15, 0.2) is 0 Å². The molecule has 0 saturated carbocycles. The number of nitrogens with zero attached hydrogens (tertiary/aromatic N) is 1. The van der Waals surface area contributed by atoms with E-state index in [1.165, 1.54) is 5.56 Å². The molecular weight excluding hydrogens is 330 g/mol. The zero-order chi connectivity index (χ0) is 11.4. The maximum absolute atomic E-state index is 4.33. The third-order valence-corrected chi connectivity index (χ3v) is 3.90. The van der Waals surface area contributed by atoms with E-state index in [4.69, 9.17) is 0 Å². The van der Waals surface area contributed by atoms with Crippen LogP contribution in [0.1, 0.15) is 16.1 Å². The maximum Gasteiger partial charge on any atom is 0.0461 e. The van der Waals surface area contributed by atoms with Crippen LogP contribution in [-0.4, -0.2) is 4.98 Å². The topological polar surface area (TPSA) is 12.9 Å². The van der Waals surface area contributed by atoms with E-state index < -0.39 is 0 Å². The van der Waals surface area contributed by atoms with Gasteiger partial charge < -0.3 is 0 Å². The third-order valence-electron chi connectivity index (χ3n) is 2.36. The van der Waals surface area contributed by atoms with Crippen LogP contribution in [0.25, 0.3) is 0 Å². The Kier molecular flexibility index (Phi) is 4.13. The van der Waals surface area contributed by atoms with Gasteiger partial charge in [-0.15, -0.1) is 0 Å². The summed E-state index contributed by atoms with van der Waals surface area (Å²) < 4.78 is 1.13. The predicted molar refractivity (Wildman–Crippen MR) is 73.8 cm³/mol. The fraction of sp³-hybridized carbons (Fsp3) is 0.154. The van der Waals surface area contributed by atoms with Gasteiger partial charge in [-0.3, -0.25) is 4.98 Å². The Bertz CT molecular complexity index is 456. The van der Waals surface area contributed by atoms with Crippen molar-refractivity contribution in [2.24, 2.45) is 0 Å². The Hall–Kier alpha value is -0.670. The Balaban J connectivity index is 2.15. The molecule has 2 rings (SSSR count). The molecule has 0 aliphatic rings. The van der Waals surface area contributed by atoms with Crippen molar-refractivity contribution >= 4 is 31.9 Å². The fourth-order valence-electron chi connectivity index (χ4n) is 1.54. The van der Waals surface area contributed by atoms with E-state index in [2.05, 4.69) is 49.0 Å². The number of aromatic nitrogens is 1. The van der Waals surface area contributed by atoms with Crippen molar-refractivity contribution in [2.45, 2.75) is 11.2 Å². The Morgan fingerprint density at radius 2 is 1.81 bits per heavy atom. The van der Waals surface area contributed by atoms with Crippen LogP contribution >= 0.6 is 31.9 Å². The molecule has 3 heteroatoms. The molecule has 0 saturated heterocycles. The zero-order valence-electron chi connectivity index (χ0n) is 8.61. The van der Waals surface area contributed by atoms with Crippen LogP contribution in [0.15, 0.2) is 53.1 Å². The summed E-state index contributed by atoms with van der Waals surface area (Å²) >= 11 is 7.26. The summed E-state index contributed by atoms with van der Waals surface area (Å²) in [4.78, 5) is 4.62. The van der Waals surface area contributed by atoms with Crippen LogP contribution in [0.4, 0.5) is 0 Å². The van der Waals surface area contributed by atoms with Crippen LogP contribution in [0, 0.1) is 0 Å². The van der Waals surface area contributed by atoms with Crippen LogP contribution < -0.4 is 0 Å². The summed E-state index contributed by atoms with van der Waals surface area (Å²) in [7, 11) is 0. The van der Waals surface area contributed by atoms with Crippen molar-refractivity contribution in [2.75, 3.05) is 0 Å². The van der Waals surface area contributed by atoms with Crippen LogP contribution in [-0.2, 0) is 6.42 Å². The molecular formula is C13H11Br2N. The molecule has 2 aromatic rings. The molecule has 1 nitrogen and oxygen atoms in total. The minimum absolute atomic E-state index is 0.290. The molecule has 0 radical (unpaired) electrons. The minimum Gasteiger partial charge on any atom is -0.261 e. The van der Waals surface area contributed by atoms with Gasteiger partial charge in [0.05, 0.1) is 0 Å². The highest BCUT2D eigenvalue weighted by atomic mass is 79.9. The van der Waals surface area contributed by atoms with Crippen molar-refractivity contribution in [1.82, 2.24) is 4.98 Å². The molecule has 16 heavy (non-hydrogen) atoms. The summed E-state index contributed by atoms with van der Waals surface area (Å²) in [6.45, 7) is 0. The van der Waals surface area contributed by atoms with Gasteiger partial charge in [-0.05, 0) is 23.8 Å². The Labute approximate surface area is 112 Å². The van der Waals surface area contributed by atoms with Crippen molar-refractivity contribution in [3.63, 3.8) is 0 Å². The predicted octanol–water partition coefficient (Wildman–Crippen LogP) is 4.52. The van der Waals surface area contributed by atoms with E-state index in [1.807, 2.05) is 36.5 Å². The molecule has 0 N–H and O–H groups in total. The lowest BCUT2D eigenvalue weighted by Gasteiger charge is -2.11. The van der Waals surface area contributed by atoms with Gasteiger partial charge in [0.25, 0.3) is 0 Å². The monoisotopic (exact) mass is 339 g/mol. The van der Waals surface area contributed by atoms with Crippen LogP contribution in [0.3, 0.4) is 0 Å². The molecule has 1 aromatic carbocycles. The number of pyridine rings is 1. The molecule has 82 valence electrons. The lowest BCUT2D eigenvalue weighted by atomic mass is 10.1. The van der Waals surface area contributed by atoms with Gasteiger partial charge >= 0.3 is 0 Å². The summed E-state index contributed by atoms with van der Waals surface area (Å²) in [6, 6.07) is 14.2. The van der Waals surface area contributed by atoms with Gasteiger partial charge in [-0.2, -0.15) is 0 Å². The average molecular weight is 341 g/mol. The van der Waals surface area contributed by atoms with Crippen molar-refractivity contribution in [3.05, 3.63) is 64.4 Å². The van der Waals surface area contributed by atoms with Crippen LogP contribution in [0.2, 0.25) is 0 Å². The summed E-state index contributed by atoms with van der Waals surface area (Å²) in [5, 5.41) is 0. The normalized spacial score (nSPS) is 12.4. The number of benzene rings is 1. The SMILES string of the molecule is Brc1ccccc1C(Br)Cc1ccccn1. The molecule has 0 amide bonds. The lowest BCUT2D eigenvalue weighted by molar-refractivity contribution is 0.901. The van der Waals surface area contributed by atoms with Gasteiger partial charge in [0.2, 0.25) is 0 Å². The molecule has 1 heterocycles. The fourth-order valence-corrected chi connectivity index (χ4v) is 3.14. The molecule has 0 fully saturated rings. The van der Waals surface area contributed by atoms with Gasteiger partial charge in [-0.1, -0.05) is 56.1 Å². The second kappa shape index (κ2) is 5.60. The molecule has 0 aliphatic heterocycles. The quantitative estimate of drug-likeness (QED) is 0.748. The van der Waals surface area contributed by atoms with Crippen molar-refractivity contribution in [3.8, 4) is 0 Å². The highest BCUT2D eigenvalue weighted by molar-refractivity contribution is 9.11. The summed E-state index contributed by atoms with van der Waals surface area (Å²) in [6.07, 6.45) is 2.72. The van der Waals surface area contributed by atoms with E-state index in [-0.39, 0.29) is 4.83 Å². The van der Waals surface area contributed by atoms with Crippen LogP contribution in [0.5, 0.6) is 0 Å². The molecule has 1 unspecified atom stereocenters. The number of halogens is 2. The number of hydrogen-bond acceptors (Lipinski definition) is 1. The smallest absolute Gasteiger partial charge is 0.0461 e. The Morgan fingerprint density at radius 3 is 2.50 bits per heavy atom. The van der Waals surface area contributed by atoms with Gasteiger partial charge in [0.1, 0.15) is 0 Å². The van der Waals surface area contributed by atoms with E-state index in [0.717, 1.165) is 16.6 Å². The molecule has 0 aliphatic carbocycles. The molecule has 0 bridgehead atoms. The number of alkyl halides is 1. The second-order valence-electron chi connectivity index (χ2n) is 3.51. The van der Waals surface area contributed by atoms with Crippen molar-refractivity contribution in [1.29, 1.82) is 0 Å². The Morgan fingerprint density at radius 1 is 1.06 bits per heavy atom. The standard InChI is InChI=1S/C13H11Br2N/c14-12-7-2-1-6-11(12)13(15)9-10-5-3-4-8-16-10/h1-8,13H,9H2. The van der Waals surface area contributed by atoms with Gasteiger partial charge in [-0.25, -0.2) is 0 Å². The molecule has 1 atom stereocenters. The summed E-state index contributed by atoms with van der Waals surface area (Å²) in [5.74, 6) is 0. The molecule has 1 aromatic heterocycles. The third kappa shape index (κ3) is 2.92. The summed E-state index contributed by atoms with van der Waals surface area (Å²) in [5.41, 5.74) is 2.35. The lowest BCUT2D eigenvalue weighted by Crippen LogP contribution is -1.98. The first-order chi connectivity index (χ1) is 7.77. The van der Waals surface area contributed by atoms with E-state index >= 15 is 0 Å². The van der Waals surface area contributed by atoms with Gasteiger partial charge in [0, 0.05) is 27.6 Å². The largest absolute Gasteiger partial charge is 0.261 e. The first-order valence-electron chi connectivity index (χ1n) is 5.06. The highest BCUT2D eigenvalue weighted by Gasteiger charge is 2.11. The maximum atomic E-state index is 4.33. The van der Waals surface area contributed by atoms with E-state index in [9.17, 15) is 0 Å². The first-order valence-corrected chi connectivity index (χ1v) is 6.76.